The molecule has 2 rings (SSSR count). The number of nitrogens with zero attached hydrogens (tertiary/aromatic N) is 1. The van der Waals surface area contributed by atoms with E-state index in [1.54, 1.807) is 18.3 Å². The Hall–Kier alpha value is -2.15. The van der Waals surface area contributed by atoms with Crippen molar-refractivity contribution in [2.75, 3.05) is 12.0 Å². The number of rotatable bonds is 6. The molecule has 7 heteroatoms. The predicted molar refractivity (Wildman–Crippen MR) is 77.4 cm³/mol. The van der Waals surface area contributed by atoms with E-state index in [2.05, 4.69) is 21.2 Å². The van der Waals surface area contributed by atoms with E-state index in [1.807, 2.05) is 6.07 Å². The third-order valence-corrected chi connectivity index (χ3v) is 3.57. The molecule has 1 aliphatic rings. The van der Waals surface area contributed by atoms with E-state index in [0.717, 1.165) is 19.3 Å². The molecular weight excluding hydrogens is 272 g/mol. The molecule has 0 saturated heterocycles. The summed E-state index contributed by atoms with van der Waals surface area (Å²) in [6, 6.07) is 5.43. The first-order valence-corrected chi connectivity index (χ1v) is 7.07. The highest BCUT2D eigenvalue weighted by Crippen LogP contribution is 2.24. The van der Waals surface area contributed by atoms with E-state index in [-0.39, 0.29) is 24.4 Å². The van der Waals surface area contributed by atoms with Gasteiger partial charge in [0.1, 0.15) is 5.82 Å². The number of pyridine rings is 1. The zero-order chi connectivity index (χ0) is 15.1. The largest absolute Gasteiger partial charge is 0.481 e. The highest BCUT2D eigenvalue weighted by Gasteiger charge is 2.26. The molecule has 0 spiro atoms. The Labute approximate surface area is 123 Å². The Morgan fingerprint density at radius 3 is 2.90 bits per heavy atom. The first kappa shape index (κ1) is 15.2. The number of amides is 1. The van der Waals surface area contributed by atoms with Crippen LogP contribution < -0.4 is 16.2 Å². The fraction of sp³-hybridized carbons (Fsp3) is 0.500. The lowest BCUT2D eigenvalue weighted by Crippen LogP contribution is -2.43. The molecule has 1 aromatic rings. The first-order chi connectivity index (χ1) is 10.1. The number of carboxylic acid groups (broad SMARTS) is 1. The lowest BCUT2D eigenvalue weighted by atomic mass is 9.86. The van der Waals surface area contributed by atoms with Crippen molar-refractivity contribution in [1.29, 1.82) is 0 Å². The van der Waals surface area contributed by atoms with E-state index >= 15 is 0 Å². The number of hydrogen-bond acceptors (Lipinski definition) is 5. The standard InChI is InChI=1S/C14H20N4O3/c19-13(18-17-12-6-1-2-7-15-12)9-16-11-5-3-4-10(8-11)14(20)21/h1-2,6-7,10-11,16H,3-5,8-9H2,(H,15,17)(H,18,19)(H,20,21). The van der Waals surface area contributed by atoms with Crippen LogP contribution in [0, 0.1) is 5.92 Å². The van der Waals surface area contributed by atoms with E-state index in [0.29, 0.717) is 12.2 Å². The molecular formula is C14H20N4O3. The average molecular weight is 292 g/mol. The molecule has 114 valence electrons. The van der Waals surface area contributed by atoms with Gasteiger partial charge in [-0.1, -0.05) is 12.5 Å². The second kappa shape index (κ2) is 7.58. The molecule has 7 nitrogen and oxygen atoms in total. The summed E-state index contributed by atoms with van der Waals surface area (Å²) in [5.74, 6) is -0.693. The van der Waals surface area contributed by atoms with Crippen molar-refractivity contribution in [1.82, 2.24) is 15.7 Å². The quantitative estimate of drug-likeness (QED) is 0.577. The monoisotopic (exact) mass is 292 g/mol. The second-order valence-electron chi connectivity index (χ2n) is 5.17. The third-order valence-electron chi connectivity index (χ3n) is 3.57. The van der Waals surface area contributed by atoms with Crippen molar-refractivity contribution in [2.45, 2.75) is 31.7 Å². The fourth-order valence-corrected chi connectivity index (χ4v) is 2.45. The number of anilines is 1. The smallest absolute Gasteiger partial charge is 0.306 e. The predicted octanol–water partition coefficient (Wildman–Crippen LogP) is 0.758. The van der Waals surface area contributed by atoms with E-state index < -0.39 is 5.97 Å². The molecule has 1 heterocycles. The molecule has 0 aromatic carbocycles. The van der Waals surface area contributed by atoms with E-state index in [9.17, 15) is 9.59 Å². The number of aromatic nitrogens is 1. The maximum atomic E-state index is 11.7. The molecule has 2 unspecified atom stereocenters. The second-order valence-corrected chi connectivity index (χ2v) is 5.17. The molecule has 1 aromatic heterocycles. The van der Waals surface area contributed by atoms with Gasteiger partial charge in [-0.3, -0.25) is 20.4 Å². The number of carbonyl (C=O) groups excluding carboxylic acids is 1. The molecule has 0 radical (unpaired) electrons. The number of carbonyl (C=O) groups is 2. The Balaban J connectivity index is 1.68. The Bertz CT molecular complexity index is 480. The van der Waals surface area contributed by atoms with Crippen molar-refractivity contribution in [3.8, 4) is 0 Å². The Morgan fingerprint density at radius 1 is 1.33 bits per heavy atom. The Morgan fingerprint density at radius 2 is 2.19 bits per heavy atom. The van der Waals surface area contributed by atoms with E-state index in [1.165, 1.54) is 0 Å². The number of aliphatic carboxylic acids is 1. The van der Waals surface area contributed by atoms with Crippen LogP contribution in [0.25, 0.3) is 0 Å². The van der Waals surface area contributed by atoms with Crippen molar-refractivity contribution in [3.63, 3.8) is 0 Å². The molecule has 1 amide bonds. The van der Waals surface area contributed by atoms with Crippen LogP contribution in [0.4, 0.5) is 5.82 Å². The normalized spacial score (nSPS) is 21.5. The minimum absolute atomic E-state index is 0.0838. The van der Waals surface area contributed by atoms with Gasteiger partial charge < -0.3 is 10.4 Å². The molecule has 0 bridgehead atoms. The molecule has 2 atom stereocenters. The summed E-state index contributed by atoms with van der Waals surface area (Å²) in [7, 11) is 0. The molecule has 1 saturated carbocycles. The third kappa shape index (κ3) is 5.03. The van der Waals surface area contributed by atoms with Gasteiger partial charge in [0.05, 0.1) is 12.5 Å². The lowest BCUT2D eigenvalue weighted by Gasteiger charge is -2.27. The number of hydrazine groups is 1. The number of carboxylic acids is 1. The molecule has 4 N–H and O–H groups in total. The zero-order valence-electron chi connectivity index (χ0n) is 11.7. The highest BCUT2D eigenvalue weighted by molar-refractivity contribution is 5.79. The highest BCUT2D eigenvalue weighted by atomic mass is 16.4. The first-order valence-electron chi connectivity index (χ1n) is 7.07. The van der Waals surface area contributed by atoms with Crippen molar-refractivity contribution < 1.29 is 14.7 Å². The van der Waals surface area contributed by atoms with Crippen molar-refractivity contribution >= 4 is 17.7 Å². The van der Waals surface area contributed by atoms with Crippen LogP contribution in [0.15, 0.2) is 24.4 Å². The van der Waals surface area contributed by atoms with Crippen LogP contribution in [0.3, 0.4) is 0 Å². The minimum atomic E-state index is -0.747. The molecule has 1 fully saturated rings. The topological polar surface area (TPSA) is 103 Å². The van der Waals surface area contributed by atoms with Gasteiger partial charge in [0.15, 0.2) is 0 Å². The average Bonchev–Trinajstić information content (AvgIpc) is 2.52. The van der Waals surface area contributed by atoms with E-state index in [4.69, 9.17) is 5.11 Å². The van der Waals surface area contributed by atoms with Gasteiger partial charge in [0.25, 0.3) is 5.91 Å². The van der Waals surface area contributed by atoms with Gasteiger partial charge >= 0.3 is 5.97 Å². The van der Waals surface area contributed by atoms with Gasteiger partial charge in [-0.05, 0) is 31.4 Å². The molecule has 1 aliphatic carbocycles. The summed E-state index contributed by atoms with van der Waals surface area (Å²) in [6.07, 6.45) is 4.71. The zero-order valence-corrected chi connectivity index (χ0v) is 11.7. The van der Waals surface area contributed by atoms with Gasteiger partial charge in [0.2, 0.25) is 0 Å². The summed E-state index contributed by atoms with van der Waals surface area (Å²) < 4.78 is 0. The van der Waals surface area contributed by atoms with Gasteiger partial charge in [-0.15, -0.1) is 0 Å². The fourth-order valence-electron chi connectivity index (χ4n) is 2.45. The minimum Gasteiger partial charge on any atom is -0.481 e. The summed E-state index contributed by atoms with van der Waals surface area (Å²) >= 11 is 0. The SMILES string of the molecule is O=C(CNC1CCCC(C(=O)O)C1)NNc1ccccn1. The molecule has 0 aliphatic heterocycles. The Kier molecular flexibility index (Phi) is 5.51. The van der Waals surface area contributed by atoms with Crippen molar-refractivity contribution in [2.24, 2.45) is 5.92 Å². The van der Waals surface area contributed by atoms with Crippen LogP contribution in [-0.4, -0.2) is 34.6 Å². The van der Waals surface area contributed by atoms with Crippen LogP contribution in [-0.2, 0) is 9.59 Å². The van der Waals surface area contributed by atoms with Gasteiger partial charge in [-0.2, -0.15) is 0 Å². The summed E-state index contributed by atoms with van der Waals surface area (Å²) in [5, 5.41) is 12.1. The van der Waals surface area contributed by atoms with Crippen LogP contribution in [0.5, 0.6) is 0 Å². The van der Waals surface area contributed by atoms with Crippen molar-refractivity contribution in [3.05, 3.63) is 24.4 Å². The lowest BCUT2D eigenvalue weighted by molar-refractivity contribution is -0.143. The van der Waals surface area contributed by atoms with Crippen LogP contribution >= 0.6 is 0 Å². The van der Waals surface area contributed by atoms with Crippen LogP contribution in [0.1, 0.15) is 25.7 Å². The maximum absolute atomic E-state index is 11.7. The number of hydrogen-bond donors (Lipinski definition) is 4. The summed E-state index contributed by atoms with van der Waals surface area (Å²) in [5.41, 5.74) is 5.26. The van der Waals surface area contributed by atoms with Crippen LogP contribution in [0.2, 0.25) is 0 Å². The summed E-state index contributed by atoms with van der Waals surface area (Å²) in [4.78, 5) is 26.7. The maximum Gasteiger partial charge on any atom is 0.306 e. The number of nitrogens with one attached hydrogen (secondary N) is 3. The van der Waals surface area contributed by atoms with Gasteiger partial charge in [0, 0.05) is 12.2 Å². The molecule has 21 heavy (non-hydrogen) atoms. The summed E-state index contributed by atoms with van der Waals surface area (Å²) in [6.45, 7) is 0.150. The van der Waals surface area contributed by atoms with Gasteiger partial charge in [-0.25, -0.2) is 4.98 Å².